The Morgan fingerprint density at radius 2 is 1.82 bits per heavy atom. The Bertz CT molecular complexity index is 1680. The number of hydrogen-bond acceptors (Lipinski definition) is 6. The van der Waals surface area contributed by atoms with Crippen molar-refractivity contribution in [3.8, 4) is 11.5 Å². The van der Waals surface area contributed by atoms with Crippen molar-refractivity contribution in [3.05, 3.63) is 105 Å². The summed E-state index contributed by atoms with van der Waals surface area (Å²) in [7, 11) is 1.51. The summed E-state index contributed by atoms with van der Waals surface area (Å²) in [5.74, 6) is -0.800. The lowest BCUT2D eigenvalue weighted by Crippen LogP contribution is -2.36. The smallest absolute Gasteiger partial charge is 0.294 e. The van der Waals surface area contributed by atoms with E-state index in [1.54, 1.807) is 18.2 Å². The van der Waals surface area contributed by atoms with Crippen LogP contribution >= 0.6 is 27.7 Å². The third-order valence-corrected chi connectivity index (χ3v) is 7.53. The van der Waals surface area contributed by atoms with Crippen molar-refractivity contribution >= 4 is 67.3 Å². The Labute approximate surface area is 242 Å². The molecule has 1 heterocycles. The summed E-state index contributed by atoms with van der Waals surface area (Å²) < 4.78 is 25.6. The average molecular weight is 621 g/mol. The van der Waals surface area contributed by atoms with Crippen molar-refractivity contribution in [2.75, 3.05) is 19.0 Å². The molecule has 4 aromatic carbocycles. The lowest BCUT2D eigenvalue weighted by atomic mass is 10.1. The molecule has 0 aromatic heterocycles. The van der Waals surface area contributed by atoms with E-state index in [0.717, 1.165) is 39.1 Å². The van der Waals surface area contributed by atoms with Gasteiger partial charge in [-0.1, -0.05) is 42.5 Å². The number of anilines is 1. The van der Waals surface area contributed by atoms with Crippen LogP contribution in [0.1, 0.15) is 11.1 Å². The van der Waals surface area contributed by atoms with Crippen LogP contribution in [-0.2, 0) is 16.2 Å². The van der Waals surface area contributed by atoms with E-state index in [1.165, 1.54) is 25.3 Å². The second kappa shape index (κ2) is 11.9. The number of carbonyl (C=O) groups is 3. The second-order valence-corrected chi connectivity index (χ2v) is 10.7. The normalized spacial score (nSPS) is 14.2. The number of benzene rings is 4. The van der Waals surface area contributed by atoms with Gasteiger partial charge in [0.15, 0.2) is 11.5 Å². The van der Waals surface area contributed by atoms with E-state index in [-0.39, 0.29) is 10.6 Å². The van der Waals surface area contributed by atoms with Gasteiger partial charge in [0.1, 0.15) is 19.0 Å². The molecule has 5 rings (SSSR count). The molecule has 1 N–H and O–H groups in total. The molecule has 0 unspecified atom stereocenters. The van der Waals surface area contributed by atoms with Gasteiger partial charge in [-0.2, -0.15) is 0 Å². The molecule has 10 heteroatoms. The van der Waals surface area contributed by atoms with E-state index in [9.17, 15) is 18.8 Å². The summed E-state index contributed by atoms with van der Waals surface area (Å²) in [6, 6.07) is 23.0. The van der Waals surface area contributed by atoms with Crippen molar-refractivity contribution < 1.29 is 28.2 Å². The molecule has 0 spiro atoms. The van der Waals surface area contributed by atoms with Gasteiger partial charge in [0.2, 0.25) is 5.91 Å². The van der Waals surface area contributed by atoms with Crippen molar-refractivity contribution in [3.63, 3.8) is 0 Å². The first-order valence-electron chi connectivity index (χ1n) is 12.1. The number of halogens is 2. The SMILES string of the molecule is COc1cc(/C=C2/SC(=O)N(CC(=O)Nc3cccc(F)c3)C2=O)cc(Br)c1OCc1ccc2ccccc2c1. The number of amides is 3. The highest BCUT2D eigenvalue weighted by Gasteiger charge is 2.36. The Hall–Kier alpha value is -4.15. The van der Waals surface area contributed by atoms with Gasteiger partial charge in [-0.15, -0.1) is 0 Å². The number of hydrogen-bond donors (Lipinski definition) is 1. The predicted octanol–water partition coefficient (Wildman–Crippen LogP) is 7.00. The second-order valence-electron chi connectivity index (χ2n) is 8.83. The molecule has 3 amide bonds. The van der Waals surface area contributed by atoms with Crippen LogP contribution in [0.4, 0.5) is 14.9 Å². The van der Waals surface area contributed by atoms with Gasteiger partial charge in [-0.05, 0) is 92.1 Å². The minimum Gasteiger partial charge on any atom is -0.493 e. The third kappa shape index (κ3) is 6.19. The van der Waals surface area contributed by atoms with E-state index < -0.39 is 29.4 Å². The lowest BCUT2D eigenvalue weighted by Gasteiger charge is -2.14. The molecule has 0 saturated carbocycles. The molecule has 1 saturated heterocycles. The first-order chi connectivity index (χ1) is 19.3. The molecule has 1 aliphatic heterocycles. The number of carbonyl (C=O) groups excluding carboxylic acids is 3. The molecular formula is C30H22BrFN2O5S. The average Bonchev–Trinajstić information content (AvgIpc) is 3.19. The number of nitrogens with zero attached hydrogens (tertiary/aromatic N) is 1. The van der Waals surface area contributed by atoms with Crippen LogP contribution in [0.15, 0.2) is 88.2 Å². The van der Waals surface area contributed by atoms with E-state index in [1.807, 2.05) is 30.3 Å². The number of rotatable bonds is 8. The third-order valence-electron chi connectivity index (χ3n) is 6.03. The molecule has 202 valence electrons. The van der Waals surface area contributed by atoms with Gasteiger partial charge in [0, 0.05) is 5.69 Å². The van der Waals surface area contributed by atoms with Crippen molar-refractivity contribution in [2.24, 2.45) is 0 Å². The zero-order valence-corrected chi connectivity index (χ0v) is 23.6. The van der Waals surface area contributed by atoms with Gasteiger partial charge >= 0.3 is 0 Å². The van der Waals surface area contributed by atoms with Crippen LogP contribution in [0.5, 0.6) is 11.5 Å². The summed E-state index contributed by atoms with van der Waals surface area (Å²) in [4.78, 5) is 38.8. The van der Waals surface area contributed by atoms with Gasteiger partial charge in [0.05, 0.1) is 16.5 Å². The Morgan fingerprint density at radius 3 is 2.60 bits per heavy atom. The number of methoxy groups -OCH3 is 1. The van der Waals surface area contributed by atoms with Gasteiger partial charge in [-0.3, -0.25) is 19.3 Å². The van der Waals surface area contributed by atoms with Crippen LogP contribution in [0.2, 0.25) is 0 Å². The maximum atomic E-state index is 13.4. The fraction of sp³-hybridized carbons (Fsp3) is 0.100. The monoisotopic (exact) mass is 620 g/mol. The zero-order valence-electron chi connectivity index (χ0n) is 21.1. The fourth-order valence-corrected chi connectivity index (χ4v) is 5.56. The minimum atomic E-state index is -0.619. The summed E-state index contributed by atoms with van der Waals surface area (Å²) in [6.07, 6.45) is 1.55. The molecule has 4 aromatic rings. The summed E-state index contributed by atoms with van der Waals surface area (Å²) in [6.45, 7) is -0.178. The van der Waals surface area contributed by atoms with Crippen LogP contribution in [0.25, 0.3) is 16.8 Å². The highest BCUT2D eigenvalue weighted by molar-refractivity contribution is 9.10. The molecule has 0 atom stereocenters. The summed E-state index contributed by atoms with van der Waals surface area (Å²) in [5.41, 5.74) is 1.82. The molecule has 7 nitrogen and oxygen atoms in total. The van der Waals surface area contributed by atoms with Crippen molar-refractivity contribution in [2.45, 2.75) is 6.61 Å². The molecule has 0 aliphatic carbocycles. The zero-order chi connectivity index (χ0) is 28.2. The van der Waals surface area contributed by atoms with Crippen LogP contribution < -0.4 is 14.8 Å². The first-order valence-corrected chi connectivity index (χ1v) is 13.7. The Kier molecular flexibility index (Phi) is 8.18. The van der Waals surface area contributed by atoms with Crippen LogP contribution in [0, 0.1) is 5.82 Å². The van der Waals surface area contributed by atoms with E-state index in [0.29, 0.717) is 28.1 Å². The fourth-order valence-electron chi connectivity index (χ4n) is 4.15. The van der Waals surface area contributed by atoms with E-state index in [4.69, 9.17) is 9.47 Å². The number of fused-ring (bicyclic) bond motifs is 1. The van der Waals surface area contributed by atoms with Crippen LogP contribution in [0.3, 0.4) is 0 Å². The van der Waals surface area contributed by atoms with Crippen molar-refractivity contribution in [1.29, 1.82) is 0 Å². The van der Waals surface area contributed by atoms with Gasteiger partial charge in [-0.25, -0.2) is 4.39 Å². The number of nitrogens with one attached hydrogen (secondary N) is 1. The standard InChI is InChI=1S/C30H22BrFN2O5S/c1-38-25-13-19(12-24(31)28(25)39-17-18-9-10-20-5-2-3-6-21(20)11-18)14-26-29(36)34(30(37)40-26)16-27(35)33-23-8-4-7-22(32)15-23/h2-15H,16-17H2,1H3,(H,33,35)/b26-14+. The number of ether oxygens (including phenoxy) is 2. The maximum absolute atomic E-state index is 13.4. The van der Waals surface area contributed by atoms with Gasteiger partial charge in [0.25, 0.3) is 11.1 Å². The number of thioether (sulfide) groups is 1. The quantitative estimate of drug-likeness (QED) is 0.213. The minimum absolute atomic E-state index is 0.155. The Balaban J connectivity index is 1.29. The molecule has 0 radical (unpaired) electrons. The molecule has 1 aliphatic rings. The summed E-state index contributed by atoms with van der Waals surface area (Å²) >= 11 is 4.26. The largest absolute Gasteiger partial charge is 0.493 e. The van der Waals surface area contributed by atoms with Gasteiger partial charge < -0.3 is 14.8 Å². The van der Waals surface area contributed by atoms with E-state index >= 15 is 0 Å². The first kappa shape index (κ1) is 27.4. The molecule has 0 bridgehead atoms. The lowest BCUT2D eigenvalue weighted by molar-refractivity contribution is -0.127. The maximum Gasteiger partial charge on any atom is 0.294 e. The van der Waals surface area contributed by atoms with Crippen molar-refractivity contribution in [1.82, 2.24) is 4.90 Å². The molecule has 1 fully saturated rings. The topological polar surface area (TPSA) is 84.9 Å². The highest BCUT2D eigenvalue weighted by Crippen LogP contribution is 2.39. The number of imide groups is 1. The molecule has 40 heavy (non-hydrogen) atoms. The van der Waals surface area contributed by atoms with E-state index in [2.05, 4.69) is 33.4 Å². The predicted molar refractivity (Wildman–Crippen MR) is 157 cm³/mol. The summed E-state index contributed by atoms with van der Waals surface area (Å²) in [5, 5.41) is 4.17. The molecular weight excluding hydrogens is 599 g/mol. The highest BCUT2D eigenvalue weighted by atomic mass is 79.9. The Morgan fingerprint density at radius 1 is 1.02 bits per heavy atom. The van der Waals surface area contributed by atoms with Crippen LogP contribution in [-0.4, -0.2) is 35.6 Å².